The van der Waals surface area contributed by atoms with E-state index in [1.165, 1.54) is 16.5 Å². The highest BCUT2D eigenvalue weighted by Gasteiger charge is 2.08. The van der Waals surface area contributed by atoms with Gasteiger partial charge in [0.1, 0.15) is 0 Å². The van der Waals surface area contributed by atoms with Crippen molar-refractivity contribution in [1.82, 2.24) is 4.57 Å². The number of aryl methyl sites for hydroxylation is 1. The number of hydrogen-bond acceptors (Lipinski definition) is 2. The number of hydrogen-bond donors (Lipinski definition) is 1. The fourth-order valence-corrected chi connectivity index (χ4v) is 2.97. The molecule has 4 heteroatoms. The maximum Gasteiger partial charge on any atom is 0.0498 e. The number of thioether (sulfide) groups is 1. The molecule has 2 rings (SSSR count). The van der Waals surface area contributed by atoms with Crippen LogP contribution in [0.5, 0.6) is 0 Å². The molecule has 1 aromatic carbocycles. The minimum Gasteiger partial charge on any atom is -0.346 e. The van der Waals surface area contributed by atoms with E-state index in [0.29, 0.717) is 6.54 Å². The Morgan fingerprint density at radius 3 is 2.94 bits per heavy atom. The summed E-state index contributed by atoms with van der Waals surface area (Å²) in [5.41, 5.74) is 8.22. The molecule has 0 atom stereocenters. The molecule has 1 heterocycles. The van der Waals surface area contributed by atoms with Crippen LogP contribution in [0.15, 0.2) is 24.4 Å². The Kier molecular flexibility index (Phi) is 4.98. The van der Waals surface area contributed by atoms with Crippen molar-refractivity contribution in [2.75, 3.05) is 18.1 Å². The lowest BCUT2D eigenvalue weighted by molar-refractivity contribution is 0.800. The van der Waals surface area contributed by atoms with E-state index >= 15 is 0 Å². The van der Waals surface area contributed by atoms with E-state index in [4.69, 9.17) is 17.3 Å². The molecule has 0 saturated carbocycles. The maximum absolute atomic E-state index is 6.10. The molecule has 1 aromatic heterocycles. The highest BCUT2D eigenvalue weighted by molar-refractivity contribution is 7.99. The van der Waals surface area contributed by atoms with E-state index in [1.54, 1.807) is 0 Å². The van der Waals surface area contributed by atoms with Crippen LogP contribution in [0.25, 0.3) is 10.9 Å². The smallest absolute Gasteiger partial charge is 0.0498 e. The molecule has 0 fully saturated rings. The van der Waals surface area contributed by atoms with E-state index in [0.717, 1.165) is 29.5 Å². The molecule has 0 unspecified atom stereocenters. The van der Waals surface area contributed by atoms with Crippen LogP contribution >= 0.6 is 23.4 Å². The van der Waals surface area contributed by atoms with Crippen molar-refractivity contribution >= 4 is 34.3 Å². The SMILES string of the molecule is CCSCCn1cc(CCN)c2ccc(Cl)cc21. The van der Waals surface area contributed by atoms with Gasteiger partial charge in [0, 0.05) is 34.4 Å². The summed E-state index contributed by atoms with van der Waals surface area (Å²) in [6, 6.07) is 6.11. The van der Waals surface area contributed by atoms with Crippen molar-refractivity contribution in [2.24, 2.45) is 5.73 Å². The van der Waals surface area contributed by atoms with Gasteiger partial charge in [-0.2, -0.15) is 11.8 Å². The molecule has 98 valence electrons. The Bertz CT molecular complexity index is 522. The average Bonchev–Trinajstić information content (AvgIpc) is 2.68. The molecule has 0 aliphatic carbocycles. The molecule has 0 spiro atoms. The highest BCUT2D eigenvalue weighted by Crippen LogP contribution is 2.25. The monoisotopic (exact) mass is 282 g/mol. The third kappa shape index (κ3) is 3.02. The molecule has 0 bridgehead atoms. The molecule has 2 N–H and O–H groups in total. The number of benzene rings is 1. The third-order valence-corrected chi connectivity index (χ3v) is 4.14. The molecule has 0 aliphatic heterocycles. The Labute approximate surface area is 117 Å². The van der Waals surface area contributed by atoms with Gasteiger partial charge in [-0.25, -0.2) is 0 Å². The summed E-state index contributed by atoms with van der Waals surface area (Å²) in [7, 11) is 0. The number of rotatable bonds is 6. The summed E-state index contributed by atoms with van der Waals surface area (Å²) in [5.74, 6) is 2.30. The Hall–Kier alpha value is -0.640. The lowest BCUT2D eigenvalue weighted by Crippen LogP contribution is -2.02. The van der Waals surface area contributed by atoms with Gasteiger partial charge in [-0.3, -0.25) is 0 Å². The van der Waals surface area contributed by atoms with E-state index < -0.39 is 0 Å². The van der Waals surface area contributed by atoms with Crippen molar-refractivity contribution in [3.8, 4) is 0 Å². The molecule has 2 nitrogen and oxygen atoms in total. The Morgan fingerprint density at radius 1 is 1.39 bits per heavy atom. The van der Waals surface area contributed by atoms with Crippen LogP contribution in [0.2, 0.25) is 5.02 Å². The normalized spacial score (nSPS) is 11.3. The molecule has 0 aliphatic rings. The van der Waals surface area contributed by atoms with E-state index in [9.17, 15) is 0 Å². The standard InChI is InChI=1S/C14H19ClN2S/c1-2-18-8-7-17-10-11(5-6-16)13-4-3-12(15)9-14(13)17/h3-4,9-10H,2,5-8,16H2,1H3. The fourth-order valence-electron chi connectivity index (χ4n) is 2.19. The zero-order valence-electron chi connectivity index (χ0n) is 10.7. The van der Waals surface area contributed by atoms with Crippen molar-refractivity contribution in [2.45, 2.75) is 19.9 Å². The first kappa shape index (κ1) is 13.8. The van der Waals surface area contributed by atoms with Gasteiger partial charge in [-0.05, 0) is 36.4 Å². The molecule has 0 saturated heterocycles. The molecular formula is C14H19ClN2S. The summed E-state index contributed by atoms with van der Waals surface area (Å²) in [6.45, 7) is 3.90. The summed E-state index contributed by atoms with van der Waals surface area (Å²) >= 11 is 8.05. The molecule has 18 heavy (non-hydrogen) atoms. The van der Waals surface area contributed by atoms with Gasteiger partial charge in [0.15, 0.2) is 0 Å². The van der Waals surface area contributed by atoms with Gasteiger partial charge >= 0.3 is 0 Å². The van der Waals surface area contributed by atoms with Gasteiger partial charge in [0.2, 0.25) is 0 Å². The highest BCUT2D eigenvalue weighted by atomic mass is 35.5. The van der Waals surface area contributed by atoms with Crippen molar-refractivity contribution in [3.63, 3.8) is 0 Å². The first-order chi connectivity index (χ1) is 8.76. The maximum atomic E-state index is 6.10. The quantitative estimate of drug-likeness (QED) is 0.822. The van der Waals surface area contributed by atoms with Gasteiger partial charge in [0.05, 0.1) is 0 Å². The van der Waals surface area contributed by atoms with E-state index in [1.807, 2.05) is 23.9 Å². The first-order valence-corrected chi connectivity index (χ1v) is 7.84. The number of aromatic nitrogens is 1. The predicted octanol–water partition coefficient (Wildman–Crippen LogP) is 3.55. The predicted molar refractivity (Wildman–Crippen MR) is 82.7 cm³/mol. The van der Waals surface area contributed by atoms with Gasteiger partial charge in [-0.15, -0.1) is 0 Å². The topological polar surface area (TPSA) is 30.9 Å². The zero-order chi connectivity index (χ0) is 13.0. The summed E-state index contributed by atoms with van der Waals surface area (Å²) < 4.78 is 2.30. The molecular weight excluding hydrogens is 264 g/mol. The van der Waals surface area contributed by atoms with Crippen LogP contribution in [0.3, 0.4) is 0 Å². The van der Waals surface area contributed by atoms with E-state index in [2.05, 4.69) is 23.8 Å². The van der Waals surface area contributed by atoms with Crippen LogP contribution < -0.4 is 5.73 Å². The van der Waals surface area contributed by atoms with E-state index in [-0.39, 0.29) is 0 Å². The average molecular weight is 283 g/mol. The minimum absolute atomic E-state index is 0.686. The van der Waals surface area contributed by atoms with Crippen molar-refractivity contribution in [1.29, 1.82) is 0 Å². The van der Waals surface area contributed by atoms with Crippen LogP contribution in [0.1, 0.15) is 12.5 Å². The van der Waals surface area contributed by atoms with Gasteiger partial charge < -0.3 is 10.3 Å². The minimum atomic E-state index is 0.686. The van der Waals surface area contributed by atoms with Crippen LogP contribution in [-0.2, 0) is 13.0 Å². The van der Waals surface area contributed by atoms with Gasteiger partial charge in [0.25, 0.3) is 0 Å². The molecule has 0 radical (unpaired) electrons. The second-order valence-corrected chi connectivity index (χ2v) is 6.08. The number of halogens is 1. The van der Waals surface area contributed by atoms with Crippen LogP contribution in [0.4, 0.5) is 0 Å². The van der Waals surface area contributed by atoms with Crippen molar-refractivity contribution in [3.05, 3.63) is 35.0 Å². The summed E-state index contributed by atoms with van der Waals surface area (Å²) in [4.78, 5) is 0. The molecule has 0 amide bonds. The first-order valence-electron chi connectivity index (χ1n) is 6.31. The van der Waals surface area contributed by atoms with Crippen molar-refractivity contribution < 1.29 is 0 Å². The summed E-state index contributed by atoms with van der Waals surface area (Å²) in [5, 5.41) is 2.08. The lowest BCUT2D eigenvalue weighted by Gasteiger charge is -2.04. The Morgan fingerprint density at radius 2 is 2.22 bits per heavy atom. The van der Waals surface area contributed by atoms with Crippen LogP contribution in [-0.4, -0.2) is 22.6 Å². The second-order valence-electron chi connectivity index (χ2n) is 4.24. The van der Waals surface area contributed by atoms with Gasteiger partial charge in [-0.1, -0.05) is 24.6 Å². The number of nitrogens with zero attached hydrogens (tertiary/aromatic N) is 1. The number of nitrogens with two attached hydrogens (primary N) is 1. The lowest BCUT2D eigenvalue weighted by atomic mass is 10.1. The molecule has 2 aromatic rings. The third-order valence-electron chi connectivity index (χ3n) is 3.02. The number of fused-ring (bicyclic) bond motifs is 1. The van der Waals surface area contributed by atoms with Crippen LogP contribution in [0, 0.1) is 0 Å². The Balaban J connectivity index is 2.35. The summed E-state index contributed by atoms with van der Waals surface area (Å²) in [6.07, 6.45) is 3.15. The fraction of sp³-hybridized carbons (Fsp3) is 0.429. The zero-order valence-corrected chi connectivity index (χ0v) is 12.2. The second kappa shape index (κ2) is 6.50. The largest absolute Gasteiger partial charge is 0.346 e.